The standard InChI is InChI=1S/C28H25NO4S/c1-17-25(28(32)33-16-18-7-3-2-4-8-18)26(19-9-5-10-21(30)13-19)27-22(29-17)14-20(15-23(27)31)24-11-6-12-34-24/h2-13,20,25-26,29-30H,1,14-16H2. The number of hydrogen-bond donors (Lipinski definition) is 2. The van der Waals surface area contributed by atoms with E-state index in [1.807, 2.05) is 47.8 Å². The second kappa shape index (κ2) is 9.31. The van der Waals surface area contributed by atoms with Crippen LogP contribution in [0.4, 0.5) is 0 Å². The van der Waals surface area contributed by atoms with Crippen molar-refractivity contribution >= 4 is 23.1 Å². The Hall–Kier alpha value is -3.64. The summed E-state index contributed by atoms with van der Waals surface area (Å²) in [6, 6.07) is 20.3. The summed E-state index contributed by atoms with van der Waals surface area (Å²) < 4.78 is 5.68. The molecule has 1 aliphatic carbocycles. The van der Waals surface area contributed by atoms with Gasteiger partial charge in [0.15, 0.2) is 5.78 Å². The second-order valence-electron chi connectivity index (χ2n) is 8.73. The number of ketones is 1. The van der Waals surface area contributed by atoms with Crippen LogP contribution in [0.2, 0.25) is 0 Å². The van der Waals surface area contributed by atoms with Gasteiger partial charge in [0.2, 0.25) is 0 Å². The minimum Gasteiger partial charge on any atom is -0.508 e. The normalized spacial score (nSPS) is 22.2. The van der Waals surface area contributed by atoms with E-state index in [2.05, 4.69) is 18.0 Å². The Kier molecular flexibility index (Phi) is 6.07. The van der Waals surface area contributed by atoms with Crippen molar-refractivity contribution in [1.29, 1.82) is 0 Å². The lowest BCUT2D eigenvalue weighted by Gasteiger charge is -2.39. The van der Waals surface area contributed by atoms with Gasteiger partial charge in [0, 0.05) is 40.1 Å². The van der Waals surface area contributed by atoms with Gasteiger partial charge < -0.3 is 15.2 Å². The number of aromatic hydroxyl groups is 1. The molecule has 0 fully saturated rings. The highest BCUT2D eigenvalue weighted by molar-refractivity contribution is 7.10. The van der Waals surface area contributed by atoms with Crippen LogP contribution in [0.15, 0.2) is 95.7 Å². The Morgan fingerprint density at radius 3 is 2.65 bits per heavy atom. The lowest BCUT2D eigenvalue weighted by molar-refractivity contribution is -0.149. The molecule has 5 rings (SSSR count). The van der Waals surface area contributed by atoms with E-state index >= 15 is 0 Å². The molecular formula is C28H25NO4S. The highest BCUT2D eigenvalue weighted by atomic mass is 32.1. The van der Waals surface area contributed by atoms with Crippen LogP contribution in [0, 0.1) is 5.92 Å². The highest BCUT2D eigenvalue weighted by Gasteiger charge is 2.45. The summed E-state index contributed by atoms with van der Waals surface area (Å²) in [5.74, 6) is -1.62. The van der Waals surface area contributed by atoms with Crippen LogP contribution in [0.1, 0.15) is 40.7 Å². The predicted molar refractivity (Wildman–Crippen MR) is 131 cm³/mol. The largest absolute Gasteiger partial charge is 0.508 e. The minimum atomic E-state index is -0.786. The van der Waals surface area contributed by atoms with E-state index in [1.54, 1.807) is 29.5 Å². The number of benzene rings is 2. The third kappa shape index (κ3) is 4.29. The molecule has 2 N–H and O–H groups in total. The first-order valence-electron chi connectivity index (χ1n) is 11.3. The van der Waals surface area contributed by atoms with Crippen LogP contribution in [-0.4, -0.2) is 16.9 Å². The molecule has 0 bridgehead atoms. The van der Waals surface area contributed by atoms with Gasteiger partial charge >= 0.3 is 5.97 Å². The van der Waals surface area contributed by atoms with E-state index in [4.69, 9.17) is 4.74 Å². The van der Waals surface area contributed by atoms with Crippen molar-refractivity contribution < 1.29 is 19.4 Å². The summed E-state index contributed by atoms with van der Waals surface area (Å²) in [5, 5.41) is 15.5. The summed E-state index contributed by atoms with van der Waals surface area (Å²) in [7, 11) is 0. The van der Waals surface area contributed by atoms with E-state index in [1.165, 1.54) is 4.88 Å². The molecule has 172 valence electrons. The number of rotatable bonds is 5. The Balaban J connectivity index is 1.51. The van der Waals surface area contributed by atoms with Gasteiger partial charge in [-0.15, -0.1) is 11.3 Å². The lowest BCUT2D eigenvalue weighted by atomic mass is 9.69. The molecule has 5 nitrogen and oxygen atoms in total. The van der Waals surface area contributed by atoms with Crippen LogP contribution in [0.25, 0.3) is 0 Å². The molecule has 3 unspecified atom stereocenters. The first kappa shape index (κ1) is 22.2. The van der Waals surface area contributed by atoms with Crippen LogP contribution < -0.4 is 5.32 Å². The Bertz CT molecular complexity index is 1260. The Morgan fingerprint density at radius 2 is 1.91 bits per heavy atom. The van der Waals surface area contributed by atoms with E-state index < -0.39 is 17.8 Å². The molecule has 2 heterocycles. The van der Waals surface area contributed by atoms with Gasteiger partial charge in [0.25, 0.3) is 0 Å². The van der Waals surface area contributed by atoms with Crippen LogP contribution >= 0.6 is 11.3 Å². The van der Waals surface area contributed by atoms with Gasteiger partial charge in [-0.1, -0.05) is 55.1 Å². The number of esters is 1. The number of carbonyl (C=O) groups is 2. The van der Waals surface area contributed by atoms with E-state index in [9.17, 15) is 14.7 Å². The number of ether oxygens (including phenoxy) is 1. The van der Waals surface area contributed by atoms with Crippen molar-refractivity contribution in [3.05, 3.63) is 112 Å². The molecule has 34 heavy (non-hydrogen) atoms. The molecule has 0 spiro atoms. The van der Waals surface area contributed by atoms with Gasteiger partial charge in [-0.25, -0.2) is 0 Å². The predicted octanol–water partition coefficient (Wildman–Crippen LogP) is 5.41. The number of thiophene rings is 1. The summed E-state index contributed by atoms with van der Waals surface area (Å²) in [6.07, 6.45) is 1.05. The van der Waals surface area contributed by atoms with Crippen LogP contribution in [0.3, 0.4) is 0 Å². The average Bonchev–Trinajstić information content (AvgIpc) is 3.37. The topological polar surface area (TPSA) is 75.6 Å². The number of phenols is 1. The first-order valence-corrected chi connectivity index (χ1v) is 12.1. The third-order valence-electron chi connectivity index (χ3n) is 6.49. The quantitative estimate of drug-likeness (QED) is 0.487. The molecule has 6 heteroatoms. The number of carbonyl (C=O) groups excluding carboxylic acids is 2. The van der Waals surface area contributed by atoms with Gasteiger partial charge in [0.05, 0.1) is 0 Å². The molecule has 1 aromatic heterocycles. The zero-order chi connectivity index (χ0) is 23.7. The SMILES string of the molecule is C=C1NC2=C(C(=O)CC(c3cccs3)C2)C(c2cccc(O)c2)C1C(=O)OCc1ccccc1. The number of hydrogen-bond acceptors (Lipinski definition) is 6. The number of Topliss-reactive ketones (excluding diaryl/α,β-unsaturated/α-hetero) is 1. The maximum atomic E-state index is 13.5. The molecule has 3 atom stereocenters. The fourth-order valence-electron chi connectivity index (χ4n) is 4.95. The molecule has 3 aromatic rings. The monoisotopic (exact) mass is 471 g/mol. The van der Waals surface area contributed by atoms with Crippen molar-refractivity contribution in [3.8, 4) is 5.75 Å². The Labute approximate surface area is 202 Å². The molecule has 1 aliphatic heterocycles. The highest BCUT2D eigenvalue weighted by Crippen LogP contribution is 2.48. The minimum absolute atomic E-state index is 0.00820. The van der Waals surface area contributed by atoms with Crippen molar-refractivity contribution in [1.82, 2.24) is 5.32 Å². The third-order valence-corrected chi connectivity index (χ3v) is 7.53. The molecule has 0 saturated carbocycles. The zero-order valence-corrected chi connectivity index (χ0v) is 19.4. The van der Waals surface area contributed by atoms with E-state index in [0.29, 0.717) is 29.7 Å². The van der Waals surface area contributed by atoms with Gasteiger partial charge in [-0.05, 0) is 41.1 Å². The van der Waals surface area contributed by atoms with Crippen molar-refractivity contribution in [2.75, 3.05) is 0 Å². The first-order chi connectivity index (χ1) is 16.5. The summed E-state index contributed by atoms with van der Waals surface area (Å²) >= 11 is 1.65. The number of allylic oxidation sites excluding steroid dienone is 2. The van der Waals surface area contributed by atoms with E-state index in [0.717, 1.165) is 11.3 Å². The molecule has 0 amide bonds. The van der Waals surface area contributed by atoms with Crippen molar-refractivity contribution in [3.63, 3.8) is 0 Å². The molecular weight excluding hydrogens is 446 g/mol. The summed E-state index contributed by atoms with van der Waals surface area (Å²) in [4.78, 5) is 28.1. The van der Waals surface area contributed by atoms with Gasteiger partial charge in [-0.3, -0.25) is 9.59 Å². The van der Waals surface area contributed by atoms with Gasteiger partial charge in [-0.2, -0.15) is 0 Å². The number of phenolic OH excluding ortho intramolecular Hbond substituents is 1. The molecule has 0 saturated heterocycles. The molecule has 0 radical (unpaired) electrons. The average molecular weight is 472 g/mol. The maximum absolute atomic E-state index is 13.5. The summed E-state index contributed by atoms with van der Waals surface area (Å²) in [6.45, 7) is 4.29. The van der Waals surface area contributed by atoms with Crippen molar-refractivity contribution in [2.24, 2.45) is 5.92 Å². The Morgan fingerprint density at radius 1 is 1.09 bits per heavy atom. The second-order valence-corrected chi connectivity index (χ2v) is 9.71. The number of nitrogens with one attached hydrogen (secondary N) is 1. The van der Waals surface area contributed by atoms with E-state index in [-0.39, 0.29) is 24.1 Å². The summed E-state index contributed by atoms with van der Waals surface area (Å²) in [5.41, 5.74) is 3.48. The van der Waals surface area contributed by atoms with Crippen LogP contribution in [-0.2, 0) is 20.9 Å². The smallest absolute Gasteiger partial charge is 0.316 e. The fourth-order valence-corrected chi connectivity index (χ4v) is 5.78. The maximum Gasteiger partial charge on any atom is 0.316 e. The van der Waals surface area contributed by atoms with Gasteiger partial charge in [0.1, 0.15) is 18.3 Å². The lowest BCUT2D eigenvalue weighted by Crippen LogP contribution is -2.42. The van der Waals surface area contributed by atoms with Crippen LogP contribution in [0.5, 0.6) is 5.75 Å². The van der Waals surface area contributed by atoms with Crippen molar-refractivity contribution in [2.45, 2.75) is 31.3 Å². The fraction of sp³-hybridized carbons (Fsp3) is 0.214. The molecule has 2 aliphatic rings. The molecule has 2 aromatic carbocycles. The zero-order valence-electron chi connectivity index (χ0n) is 18.6.